The number of hydrogen-bond donors (Lipinski definition) is 5. The predicted molar refractivity (Wildman–Crippen MR) is 132 cm³/mol. The summed E-state index contributed by atoms with van der Waals surface area (Å²) in [5, 5.41) is 35.7. The number of carbonyl (C=O) groups is 1. The molecular weight excluding hydrogens is 470 g/mol. The number of rotatable bonds is 7. The number of aliphatic hydroxyl groups excluding tert-OH is 3. The molecule has 8 nitrogen and oxygen atoms in total. The van der Waals surface area contributed by atoms with Gasteiger partial charge in [-0.15, -0.1) is 0 Å². The average molecular weight is 516 g/mol. The van der Waals surface area contributed by atoms with E-state index >= 15 is 0 Å². The molecule has 0 aromatic heterocycles. The van der Waals surface area contributed by atoms with Crippen molar-refractivity contribution in [2.45, 2.75) is 96.9 Å². The third kappa shape index (κ3) is 5.05. The quantitative estimate of drug-likeness (QED) is 0.327. The number of nitrogens with one attached hydrogen (secondary N) is 1. The third-order valence-corrected chi connectivity index (χ3v) is 11.7. The molecule has 202 valence electrons. The fraction of sp³-hybridized carbons (Fsp3) is 0.962. The second-order valence-corrected chi connectivity index (χ2v) is 14.3. The van der Waals surface area contributed by atoms with Crippen molar-refractivity contribution in [1.29, 1.82) is 0 Å². The first kappa shape index (κ1) is 27.3. The molecule has 4 aliphatic carbocycles. The van der Waals surface area contributed by atoms with Crippen molar-refractivity contribution in [1.82, 2.24) is 5.32 Å². The molecule has 35 heavy (non-hydrogen) atoms. The number of hydrogen-bond acceptors (Lipinski definition) is 6. The first-order valence-corrected chi connectivity index (χ1v) is 15.1. The van der Waals surface area contributed by atoms with Crippen LogP contribution in [0.1, 0.15) is 78.6 Å². The number of aliphatic hydroxyl groups is 3. The van der Waals surface area contributed by atoms with E-state index in [1.807, 2.05) is 6.92 Å². The first-order valence-electron chi connectivity index (χ1n) is 13.5. The van der Waals surface area contributed by atoms with E-state index in [2.05, 4.69) is 19.2 Å². The number of amides is 1. The van der Waals surface area contributed by atoms with Gasteiger partial charge in [0.15, 0.2) is 0 Å². The summed E-state index contributed by atoms with van der Waals surface area (Å²) >= 11 is 0. The van der Waals surface area contributed by atoms with Crippen LogP contribution >= 0.6 is 0 Å². The van der Waals surface area contributed by atoms with Gasteiger partial charge in [-0.2, -0.15) is 8.42 Å². The fourth-order valence-electron chi connectivity index (χ4n) is 9.20. The summed E-state index contributed by atoms with van der Waals surface area (Å²) < 4.78 is 30.5. The molecular formula is C26H45NO7S. The number of fused-ring (bicyclic) bond motifs is 5. The Morgan fingerprint density at radius 2 is 1.77 bits per heavy atom. The molecule has 4 rings (SSSR count). The van der Waals surface area contributed by atoms with Gasteiger partial charge in [-0.25, -0.2) is 0 Å². The molecule has 11 unspecified atom stereocenters. The third-order valence-electron chi connectivity index (χ3n) is 11.0. The molecule has 11 atom stereocenters. The van der Waals surface area contributed by atoms with E-state index in [4.69, 9.17) is 4.55 Å². The van der Waals surface area contributed by atoms with E-state index in [0.717, 1.165) is 38.5 Å². The van der Waals surface area contributed by atoms with E-state index in [0.29, 0.717) is 30.6 Å². The van der Waals surface area contributed by atoms with Gasteiger partial charge in [-0.1, -0.05) is 20.8 Å². The van der Waals surface area contributed by atoms with Gasteiger partial charge in [0.2, 0.25) is 5.91 Å². The molecule has 0 heterocycles. The van der Waals surface area contributed by atoms with Crippen molar-refractivity contribution in [3.63, 3.8) is 0 Å². The molecule has 9 heteroatoms. The molecule has 0 aromatic carbocycles. The molecule has 4 aliphatic rings. The number of carbonyl (C=O) groups excluding carboxylic acids is 1. The summed E-state index contributed by atoms with van der Waals surface area (Å²) in [5.41, 5.74) is -0.266. The van der Waals surface area contributed by atoms with Crippen LogP contribution in [-0.2, 0) is 14.9 Å². The van der Waals surface area contributed by atoms with Crippen molar-refractivity contribution in [3.8, 4) is 0 Å². The maximum atomic E-state index is 12.2. The maximum Gasteiger partial charge on any atom is 0.266 e. The zero-order chi connectivity index (χ0) is 25.8. The topological polar surface area (TPSA) is 144 Å². The van der Waals surface area contributed by atoms with E-state index in [1.54, 1.807) is 0 Å². The summed E-state index contributed by atoms with van der Waals surface area (Å²) in [6, 6.07) is 0. The smallest absolute Gasteiger partial charge is 0.266 e. The van der Waals surface area contributed by atoms with Crippen LogP contribution in [0.4, 0.5) is 0 Å². The Hall–Kier alpha value is -0.740. The molecule has 4 fully saturated rings. The van der Waals surface area contributed by atoms with Crippen molar-refractivity contribution in [2.75, 3.05) is 12.3 Å². The molecule has 0 aliphatic heterocycles. The van der Waals surface area contributed by atoms with Crippen LogP contribution in [0.5, 0.6) is 0 Å². The summed E-state index contributed by atoms with van der Waals surface area (Å²) in [6.07, 6.45) is 5.86. The van der Waals surface area contributed by atoms with Crippen LogP contribution in [0.2, 0.25) is 0 Å². The van der Waals surface area contributed by atoms with Gasteiger partial charge >= 0.3 is 0 Å². The van der Waals surface area contributed by atoms with Gasteiger partial charge in [0, 0.05) is 18.4 Å². The molecule has 0 saturated heterocycles. The predicted octanol–water partition coefficient (Wildman–Crippen LogP) is 2.37. The van der Waals surface area contributed by atoms with Crippen molar-refractivity contribution in [3.05, 3.63) is 0 Å². The van der Waals surface area contributed by atoms with Crippen LogP contribution in [0.15, 0.2) is 0 Å². The second kappa shape index (κ2) is 9.86. The van der Waals surface area contributed by atoms with E-state index < -0.39 is 33.5 Å². The highest BCUT2D eigenvalue weighted by molar-refractivity contribution is 7.85. The normalized spacial score (nSPS) is 46.3. The van der Waals surface area contributed by atoms with Gasteiger partial charge in [-0.05, 0) is 92.3 Å². The second-order valence-electron chi connectivity index (χ2n) is 12.7. The van der Waals surface area contributed by atoms with Gasteiger partial charge in [-0.3, -0.25) is 9.35 Å². The zero-order valence-electron chi connectivity index (χ0n) is 21.4. The van der Waals surface area contributed by atoms with E-state index in [9.17, 15) is 28.5 Å². The van der Waals surface area contributed by atoms with Crippen LogP contribution in [0, 0.1) is 46.3 Å². The Morgan fingerprint density at radius 1 is 1.06 bits per heavy atom. The maximum absolute atomic E-state index is 12.2. The van der Waals surface area contributed by atoms with E-state index in [1.165, 1.54) is 0 Å². The Morgan fingerprint density at radius 3 is 2.46 bits per heavy atom. The average Bonchev–Trinajstić information content (AvgIpc) is 3.04. The van der Waals surface area contributed by atoms with E-state index in [-0.39, 0.29) is 48.1 Å². The summed E-state index contributed by atoms with van der Waals surface area (Å²) in [4.78, 5) is 12.2. The molecule has 0 bridgehead atoms. The van der Waals surface area contributed by atoms with Gasteiger partial charge in [0.25, 0.3) is 10.1 Å². The highest BCUT2D eigenvalue weighted by Gasteiger charge is 2.65. The lowest BCUT2D eigenvalue weighted by Gasteiger charge is -2.62. The lowest BCUT2D eigenvalue weighted by atomic mass is 9.43. The molecule has 4 saturated carbocycles. The van der Waals surface area contributed by atoms with Crippen molar-refractivity contribution < 1.29 is 33.1 Å². The minimum Gasteiger partial charge on any atom is -0.393 e. The fourth-order valence-corrected chi connectivity index (χ4v) is 9.56. The lowest BCUT2D eigenvalue weighted by Crippen LogP contribution is -2.59. The summed E-state index contributed by atoms with van der Waals surface area (Å²) in [7, 11) is -4.11. The Bertz CT molecular complexity index is 896. The van der Waals surface area contributed by atoms with Crippen LogP contribution in [0.25, 0.3) is 0 Å². The highest BCUT2D eigenvalue weighted by atomic mass is 32.2. The largest absolute Gasteiger partial charge is 0.393 e. The van der Waals surface area contributed by atoms with Gasteiger partial charge in [0.05, 0.1) is 24.1 Å². The molecule has 1 amide bonds. The van der Waals surface area contributed by atoms with Crippen LogP contribution < -0.4 is 5.32 Å². The Kier molecular flexibility index (Phi) is 7.69. The lowest BCUT2D eigenvalue weighted by molar-refractivity contribution is -0.176. The minimum absolute atomic E-state index is 0.0234. The van der Waals surface area contributed by atoms with Gasteiger partial charge < -0.3 is 20.6 Å². The summed E-state index contributed by atoms with van der Waals surface area (Å²) in [5.74, 6) is 0.763. The molecule has 0 aromatic rings. The molecule has 5 N–H and O–H groups in total. The summed E-state index contributed by atoms with van der Waals surface area (Å²) in [6.45, 7) is 6.45. The zero-order valence-corrected chi connectivity index (χ0v) is 22.2. The molecule has 0 radical (unpaired) electrons. The van der Waals surface area contributed by atoms with Crippen LogP contribution in [-0.4, -0.2) is 64.8 Å². The Balaban J connectivity index is 1.44. The standard InChI is InChI=1S/C26H45NO7S/c1-15(4-7-23(31)27-10-11-35(32,33)34)24-21(29)13-20-18-6-5-16-12-17(28)8-9-25(16,2)19(18)14-22(30)26(20,24)3/h15-22,24,28-30H,4-14H2,1-3H3,(H,27,31)(H,32,33,34). The molecule has 0 spiro atoms. The van der Waals surface area contributed by atoms with Crippen molar-refractivity contribution in [2.24, 2.45) is 46.3 Å². The minimum atomic E-state index is -4.11. The Labute approximate surface area is 210 Å². The SMILES string of the molecule is CC(CCC(=O)NCCS(=O)(=O)O)C1C(O)CC2C3CCC4CC(O)CCC4(C)C3CC(O)C21C. The first-order chi connectivity index (χ1) is 16.3. The van der Waals surface area contributed by atoms with Gasteiger partial charge in [0.1, 0.15) is 0 Å². The van der Waals surface area contributed by atoms with Crippen molar-refractivity contribution >= 4 is 16.0 Å². The highest BCUT2D eigenvalue weighted by Crippen LogP contribution is 2.68. The van der Waals surface area contributed by atoms with Crippen LogP contribution in [0.3, 0.4) is 0 Å². The monoisotopic (exact) mass is 515 g/mol.